The SMILES string of the molecule is CCCCCc1cc(OC(=O)O)c(O)c(CCC)c1CCCC. The quantitative estimate of drug-likeness (QED) is 0.340. The highest BCUT2D eigenvalue weighted by Gasteiger charge is 2.19. The molecule has 4 heteroatoms. The van der Waals surface area contributed by atoms with Crippen LogP contribution in [0, 0.1) is 0 Å². The van der Waals surface area contributed by atoms with Gasteiger partial charge in [0.25, 0.3) is 0 Å². The lowest BCUT2D eigenvalue weighted by atomic mass is 9.90. The molecule has 1 aromatic carbocycles. The van der Waals surface area contributed by atoms with Gasteiger partial charge in [-0.05, 0) is 49.3 Å². The molecule has 0 amide bonds. The molecule has 4 nitrogen and oxygen atoms in total. The Balaban J connectivity index is 3.28. The summed E-state index contributed by atoms with van der Waals surface area (Å²) in [5.41, 5.74) is 3.19. The van der Waals surface area contributed by atoms with Crippen LogP contribution in [0.3, 0.4) is 0 Å². The molecule has 1 rings (SSSR count). The van der Waals surface area contributed by atoms with Gasteiger partial charge in [0.2, 0.25) is 0 Å². The Morgan fingerprint density at radius 1 is 0.957 bits per heavy atom. The molecule has 0 radical (unpaired) electrons. The molecule has 2 N–H and O–H groups in total. The Morgan fingerprint density at radius 2 is 1.65 bits per heavy atom. The van der Waals surface area contributed by atoms with Crippen molar-refractivity contribution in [2.45, 2.75) is 78.6 Å². The van der Waals surface area contributed by atoms with Crippen LogP contribution >= 0.6 is 0 Å². The fraction of sp³-hybridized carbons (Fsp3) is 0.632. The maximum Gasteiger partial charge on any atom is 0.511 e. The number of benzene rings is 1. The Morgan fingerprint density at radius 3 is 2.22 bits per heavy atom. The van der Waals surface area contributed by atoms with Gasteiger partial charge in [-0.25, -0.2) is 4.79 Å². The molecule has 0 aliphatic heterocycles. The predicted octanol–water partition coefficient (Wildman–Crippen LogP) is 5.48. The number of aromatic hydroxyl groups is 1. The van der Waals surface area contributed by atoms with E-state index in [1.165, 1.54) is 5.56 Å². The number of phenolic OH excluding ortho intramolecular Hbond substituents is 1. The first-order chi connectivity index (χ1) is 11.0. The molecule has 1 aromatic rings. The van der Waals surface area contributed by atoms with Gasteiger partial charge in [0.1, 0.15) is 0 Å². The highest BCUT2D eigenvalue weighted by molar-refractivity contribution is 5.65. The molecule has 0 saturated heterocycles. The van der Waals surface area contributed by atoms with E-state index in [-0.39, 0.29) is 11.5 Å². The first kappa shape index (κ1) is 19.3. The summed E-state index contributed by atoms with van der Waals surface area (Å²) in [6, 6.07) is 1.73. The molecule has 0 saturated carbocycles. The minimum absolute atomic E-state index is 0.000375. The fourth-order valence-electron chi connectivity index (χ4n) is 2.94. The Kier molecular flexibility index (Phi) is 8.52. The van der Waals surface area contributed by atoms with Gasteiger partial charge in [0.05, 0.1) is 0 Å². The van der Waals surface area contributed by atoms with Crippen molar-refractivity contribution in [2.75, 3.05) is 0 Å². The summed E-state index contributed by atoms with van der Waals surface area (Å²) in [4.78, 5) is 10.9. The van der Waals surface area contributed by atoms with Gasteiger partial charge < -0.3 is 14.9 Å². The maximum atomic E-state index is 10.9. The second-order valence-corrected chi connectivity index (χ2v) is 6.02. The average molecular weight is 322 g/mol. The minimum atomic E-state index is -1.39. The van der Waals surface area contributed by atoms with Gasteiger partial charge in [-0.3, -0.25) is 0 Å². The number of ether oxygens (including phenoxy) is 1. The summed E-state index contributed by atoms with van der Waals surface area (Å²) in [5.74, 6) is 0.0762. The van der Waals surface area contributed by atoms with Crippen LogP contribution < -0.4 is 4.74 Å². The van der Waals surface area contributed by atoms with E-state index in [4.69, 9.17) is 9.84 Å². The smallest absolute Gasteiger partial charge is 0.504 e. The van der Waals surface area contributed by atoms with Crippen molar-refractivity contribution < 1.29 is 19.7 Å². The van der Waals surface area contributed by atoms with E-state index in [0.717, 1.165) is 68.9 Å². The molecule has 0 bridgehead atoms. The first-order valence-electron chi connectivity index (χ1n) is 8.82. The minimum Gasteiger partial charge on any atom is -0.504 e. The van der Waals surface area contributed by atoms with Crippen LogP contribution in [-0.2, 0) is 19.3 Å². The second kappa shape index (κ2) is 10.1. The summed E-state index contributed by atoms with van der Waals surface area (Å²) < 4.78 is 4.81. The van der Waals surface area contributed by atoms with Crippen molar-refractivity contribution in [3.8, 4) is 11.5 Å². The molecule has 0 unspecified atom stereocenters. The van der Waals surface area contributed by atoms with E-state index in [1.807, 2.05) is 0 Å². The maximum absolute atomic E-state index is 10.9. The molecule has 0 heterocycles. The van der Waals surface area contributed by atoms with Gasteiger partial charge in [-0.1, -0.05) is 46.5 Å². The van der Waals surface area contributed by atoms with E-state index in [1.54, 1.807) is 6.07 Å². The molecular weight excluding hydrogens is 292 g/mol. The van der Waals surface area contributed by atoms with Crippen LogP contribution in [0.15, 0.2) is 6.07 Å². The molecule has 0 aromatic heterocycles. The van der Waals surface area contributed by atoms with Crippen molar-refractivity contribution in [1.82, 2.24) is 0 Å². The lowest BCUT2D eigenvalue weighted by molar-refractivity contribution is 0.142. The van der Waals surface area contributed by atoms with Crippen LogP contribution in [0.5, 0.6) is 11.5 Å². The van der Waals surface area contributed by atoms with Gasteiger partial charge in [-0.15, -0.1) is 0 Å². The number of aryl methyl sites for hydroxylation is 1. The molecule has 0 aliphatic rings. The molecule has 0 aliphatic carbocycles. The van der Waals surface area contributed by atoms with Crippen molar-refractivity contribution in [3.63, 3.8) is 0 Å². The fourth-order valence-corrected chi connectivity index (χ4v) is 2.94. The van der Waals surface area contributed by atoms with E-state index in [2.05, 4.69) is 20.8 Å². The highest BCUT2D eigenvalue weighted by atomic mass is 16.7. The number of phenols is 1. The molecule has 130 valence electrons. The normalized spacial score (nSPS) is 10.7. The van der Waals surface area contributed by atoms with Crippen molar-refractivity contribution in [2.24, 2.45) is 0 Å². The van der Waals surface area contributed by atoms with E-state index in [9.17, 15) is 9.90 Å². The molecular formula is C19H30O4. The predicted molar refractivity (Wildman–Crippen MR) is 92.6 cm³/mol. The zero-order valence-corrected chi connectivity index (χ0v) is 14.7. The number of carboxylic acid groups (broad SMARTS) is 1. The average Bonchev–Trinajstić information content (AvgIpc) is 2.51. The van der Waals surface area contributed by atoms with Gasteiger partial charge in [0, 0.05) is 5.56 Å². The van der Waals surface area contributed by atoms with Gasteiger partial charge in [-0.2, -0.15) is 0 Å². The third kappa shape index (κ3) is 5.77. The Labute approximate surface area is 139 Å². The van der Waals surface area contributed by atoms with Crippen molar-refractivity contribution in [3.05, 3.63) is 22.8 Å². The van der Waals surface area contributed by atoms with Gasteiger partial charge in [0.15, 0.2) is 11.5 Å². The van der Waals surface area contributed by atoms with Crippen molar-refractivity contribution in [1.29, 1.82) is 0 Å². The van der Waals surface area contributed by atoms with Crippen LogP contribution in [0.4, 0.5) is 4.79 Å². The first-order valence-corrected chi connectivity index (χ1v) is 8.82. The van der Waals surface area contributed by atoms with Gasteiger partial charge >= 0.3 is 6.16 Å². The zero-order chi connectivity index (χ0) is 17.2. The van der Waals surface area contributed by atoms with Crippen molar-refractivity contribution >= 4 is 6.16 Å². The number of hydrogen-bond acceptors (Lipinski definition) is 3. The highest BCUT2D eigenvalue weighted by Crippen LogP contribution is 2.37. The van der Waals surface area contributed by atoms with Crippen LogP contribution in [0.25, 0.3) is 0 Å². The number of unbranched alkanes of at least 4 members (excludes halogenated alkanes) is 3. The Bertz CT molecular complexity index is 509. The summed E-state index contributed by atoms with van der Waals surface area (Å²) in [6.45, 7) is 6.37. The second-order valence-electron chi connectivity index (χ2n) is 6.02. The summed E-state index contributed by atoms with van der Waals surface area (Å²) in [7, 11) is 0. The molecule has 0 spiro atoms. The zero-order valence-electron chi connectivity index (χ0n) is 14.7. The molecule has 23 heavy (non-hydrogen) atoms. The lowest BCUT2D eigenvalue weighted by Gasteiger charge is -2.18. The van der Waals surface area contributed by atoms with E-state index >= 15 is 0 Å². The molecule has 0 atom stereocenters. The topological polar surface area (TPSA) is 66.8 Å². The van der Waals surface area contributed by atoms with Crippen LogP contribution in [0.2, 0.25) is 0 Å². The standard InChI is InChI=1S/C19H30O4/c1-4-7-9-11-14-13-17(23-19(21)22)18(20)16(10-6-3)15(14)12-8-5-2/h13,20H,4-12H2,1-3H3,(H,21,22). The summed E-state index contributed by atoms with van der Waals surface area (Å²) in [5, 5.41) is 19.4. The van der Waals surface area contributed by atoms with E-state index < -0.39 is 6.16 Å². The number of rotatable bonds is 10. The third-order valence-corrected chi connectivity index (χ3v) is 4.10. The number of carbonyl (C=O) groups is 1. The van der Waals surface area contributed by atoms with Crippen LogP contribution in [0.1, 0.15) is 76.0 Å². The summed E-state index contributed by atoms with van der Waals surface area (Å²) in [6.07, 6.45) is 7.59. The van der Waals surface area contributed by atoms with Crippen LogP contribution in [-0.4, -0.2) is 16.4 Å². The molecule has 0 fully saturated rings. The number of hydrogen-bond donors (Lipinski definition) is 2. The van der Waals surface area contributed by atoms with E-state index in [0.29, 0.717) is 0 Å². The Hall–Kier alpha value is -1.71. The third-order valence-electron chi connectivity index (χ3n) is 4.10. The summed E-state index contributed by atoms with van der Waals surface area (Å²) >= 11 is 0. The monoisotopic (exact) mass is 322 g/mol. The lowest BCUT2D eigenvalue weighted by Crippen LogP contribution is -2.08. The largest absolute Gasteiger partial charge is 0.511 e.